The van der Waals surface area contributed by atoms with E-state index in [1.807, 2.05) is 0 Å². The van der Waals surface area contributed by atoms with Gasteiger partial charge in [-0.1, -0.05) is 13.8 Å². The Hall–Kier alpha value is -0.380. The zero-order valence-corrected chi connectivity index (χ0v) is 10.6. The van der Waals surface area contributed by atoms with Gasteiger partial charge < -0.3 is 10.5 Å². The zero-order chi connectivity index (χ0) is 11.3. The molecule has 1 rings (SSSR count). The first kappa shape index (κ1) is 12.7. The smallest absolute Gasteiger partial charge is 0.0465 e. The van der Waals surface area contributed by atoms with E-state index in [4.69, 9.17) is 10.5 Å². The van der Waals surface area contributed by atoms with Crippen molar-refractivity contribution in [3.63, 3.8) is 0 Å². The van der Waals surface area contributed by atoms with Crippen LogP contribution in [0.1, 0.15) is 36.8 Å². The largest absolute Gasteiger partial charge is 0.385 e. The van der Waals surface area contributed by atoms with Crippen molar-refractivity contribution in [3.05, 3.63) is 21.9 Å². The Morgan fingerprint density at radius 2 is 2.27 bits per heavy atom. The molecule has 2 N–H and O–H groups in total. The molecule has 0 aliphatic rings. The van der Waals surface area contributed by atoms with Crippen LogP contribution in [0, 0.1) is 5.92 Å². The molecule has 0 amide bonds. The van der Waals surface area contributed by atoms with Crippen molar-refractivity contribution in [1.82, 2.24) is 0 Å². The highest BCUT2D eigenvalue weighted by Gasteiger charge is 2.18. The number of ether oxygens (including phenoxy) is 1. The van der Waals surface area contributed by atoms with E-state index in [0.717, 1.165) is 19.4 Å². The number of hydrogen-bond donors (Lipinski definition) is 1. The SMILES string of the molecule is CCc1ccsc1C(N)C(C)CCOC. The van der Waals surface area contributed by atoms with Crippen LogP contribution in [0.4, 0.5) is 0 Å². The minimum absolute atomic E-state index is 0.162. The Balaban J connectivity index is 2.62. The van der Waals surface area contributed by atoms with Crippen LogP contribution in [-0.4, -0.2) is 13.7 Å². The Kier molecular flexibility index (Phi) is 5.29. The number of aryl methyl sites for hydroxylation is 1. The quantitative estimate of drug-likeness (QED) is 0.811. The van der Waals surface area contributed by atoms with Gasteiger partial charge in [0.2, 0.25) is 0 Å². The summed E-state index contributed by atoms with van der Waals surface area (Å²) >= 11 is 1.78. The van der Waals surface area contributed by atoms with Gasteiger partial charge in [0.25, 0.3) is 0 Å². The summed E-state index contributed by atoms with van der Waals surface area (Å²) in [5.41, 5.74) is 7.65. The standard InChI is InChI=1S/C12H21NOS/c1-4-10-6-8-15-12(10)11(13)9(2)5-7-14-3/h6,8-9,11H,4-5,7,13H2,1-3H3. The van der Waals surface area contributed by atoms with Crippen LogP contribution >= 0.6 is 11.3 Å². The fraction of sp³-hybridized carbons (Fsp3) is 0.667. The third kappa shape index (κ3) is 3.30. The summed E-state index contributed by atoms with van der Waals surface area (Å²) in [6.45, 7) is 5.17. The molecule has 0 fully saturated rings. The number of rotatable bonds is 6. The zero-order valence-electron chi connectivity index (χ0n) is 9.82. The van der Waals surface area contributed by atoms with Crippen LogP contribution < -0.4 is 5.73 Å². The molecule has 1 aromatic heterocycles. The average Bonchev–Trinajstić information content (AvgIpc) is 2.72. The minimum atomic E-state index is 0.162. The first-order valence-corrected chi connectivity index (χ1v) is 6.39. The Bertz CT molecular complexity index is 285. The van der Waals surface area contributed by atoms with Crippen molar-refractivity contribution < 1.29 is 4.74 Å². The highest BCUT2D eigenvalue weighted by molar-refractivity contribution is 7.10. The number of methoxy groups -OCH3 is 1. The van der Waals surface area contributed by atoms with Gasteiger partial charge >= 0.3 is 0 Å². The van der Waals surface area contributed by atoms with Gasteiger partial charge in [-0.15, -0.1) is 11.3 Å². The van der Waals surface area contributed by atoms with Crippen LogP contribution in [-0.2, 0) is 11.2 Å². The predicted octanol–water partition coefficient (Wildman–Crippen LogP) is 2.98. The summed E-state index contributed by atoms with van der Waals surface area (Å²) in [5, 5.41) is 2.14. The lowest BCUT2D eigenvalue weighted by atomic mass is 9.95. The van der Waals surface area contributed by atoms with Gasteiger partial charge in [-0.2, -0.15) is 0 Å². The molecule has 0 saturated carbocycles. The molecule has 15 heavy (non-hydrogen) atoms. The minimum Gasteiger partial charge on any atom is -0.385 e. The van der Waals surface area contributed by atoms with Crippen LogP contribution in [0.25, 0.3) is 0 Å². The fourth-order valence-electron chi connectivity index (χ4n) is 1.67. The molecule has 1 heterocycles. The molecule has 3 heteroatoms. The summed E-state index contributed by atoms with van der Waals surface area (Å²) in [6.07, 6.45) is 2.10. The summed E-state index contributed by atoms with van der Waals surface area (Å²) in [6, 6.07) is 2.35. The van der Waals surface area contributed by atoms with Gasteiger partial charge in [0.1, 0.15) is 0 Å². The van der Waals surface area contributed by atoms with Crippen molar-refractivity contribution in [1.29, 1.82) is 0 Å². The summed E-state index contributed by atoms with van der Waals surface area (Å²) in [4.78, 5) is 1.35. The highest BCUT2D eigenvalue weighted by atomic mass is 32.1. The van der Waals surface area contributed by atoms with Gasteiger partial charge in [-0.3, -0.25) is 0 Å². The second-order valence-corrected chi connectivity index (χ2v) is 4.90. The fourth-order valence-corrected chi connectivity index (χ4v) is 2.81. The van der Waals surface area contributed by atoms with Crippen LogP contribution in [0.3, 0.4) is 0 Å². The molecule has 0 aliphatic heterocycles. The molecule has 1 aromatic rings. The third-order valence-electron chi connectivity index (χ3n) is 2.85. The first-order valence-electron chi connectivity index (χ1n) is 5.51. The Morgan fingerprint density at radius 3 is 2.87 bits per heavy atom. The van der Waals surface area contributed by atoms with Crippen molar-refractivity contribution >= 4 is 11.3 Å². The third-order valence-corrected chi connectivity index (χ3v) is 3.92. The number of hydrogen-bond acceptors (Lipinski definition) is 3. The van der Waals surface area contributed by atoms with E-state index in [1.54, 1.807) is 18.4 Å². The summed E-state index contributed by atoms with van der Waals surface area (Å²) < 4.78 is 5.08. The maximum absolute atomic E-state index is 6.25. The molecule has 0 aliphatic carbocycles. The van der Waals surface area contributed by atoms with Crippen molar-refractivity contribution in [2.45, 2.75) is 32.7 Å². The Morgan fingerprint density at radius 1 is 1.53 bits per heavy atom. The molecule has 2 nitrogen and oxygen atoms in total. The number of thiophene rings is 1. The van der Waals surface area contributed by atoms with Crippen LogP contribution in [0.5, 0.6) is 0 Å². The maximum Gasteiger partial charge on any atom is 0.0465 e. The highest BCUT2D eigenvalue weighted by Crippen LogP contribution is 2.29. The van der Waals surface area contributed by atoms with E-state index >= 15 is 0 Å². The van der Waals surface area contributed by atoms with Gasteiger partial charge in [0.15, 0.2) is 0 Å². The van der Waals surface area contributed by atoms with E-state index in [2.05, 4.69) is 25.3 Å². The number of nitrogens with two attached hydrogens (primary N) is 1. The van der Waals surface area contributed by atoms with Gasteiger partial charge in [0.05, 0.1) is 0 Å². The molecular formula is C12H21NOS. The molecule has 2 atom stereocenters. The van der Waals surface area contributed by atoms with E-state index in [1.165, 1.54) is 10.4 Å². The van der Waals surface area contributed by atoms with Crippen LogP contribution in [0.2, 0.25) is 0 Å². The summed E-state index contributed by atoms with van der Waals surface area (Å²) in [7, 11) is 1.74. The normalized spacial score (nSPS) is 15.2. The van der Waals surface area contributed by atoms with Crippen molar-refractivity contribution in [3.8, 4) is 0 Å². The van der Waals surface area contributed by atoms with Crippen LogP contribution in [0.15, 0.2) is 11.4 Å². The molecule has 0 radical (unpaired) electrons. The molecule has 0 aromatic carbocycles. The Labute approximate surface area is 96.4 Å². The molecule has 0 saturated heterocycles. The van der Waals surface area contributed by atoms with E-state index in [0.29, 0.717) is 5.92 Å². The van der Waals surface area contributed by atoms with Gasteiger partial charge in [-0.25, -0.2) is 0 Å². The molecule has 86 valence electrons. The predicted molar refractivity (Wildman–Crippen MR) is 66.3 cm³/mol. The molecule has 0 spiro atoms. The maximum atomic E-state index is 6.25. The lowest BCUT2D eigenvalue weighted by Crippen LogP contribution is -2.20. The molecule has 0 bridgehead atoms. The lowest BCUT2D eigenvalue weighted by molar-refractivity contribution is 0.175. The first-order chi connectivity index (χ1) is 7.20. The van der Waals surface area contributed by atoms with Crippen molar-refractivity contribution in [2.24, 2.45) is 11.7 Å². The lowest BCUT2D eigenvalue weighted by Gasteiger charge is -2.19. The second kappa shape index (κ2) is 6.26. The topological polar surface area (TPSA) is 35.2 Å². The second-order valence-electron chi connectivity index (χ2n) is 3.95. The van der Waals surface area contributed by atoms with E-state index in [9.17, 15) is 0 Å². The molecular weight excluding hydrogens is 206 g/mol. The van der Waals surface area contributed by atoms with E-state index in [-0.39, 0.29) is 6.04 Å². The molecule has 2 unspecified atom stereocenters. The summed E-state index contributed by atoms with van der Waals surface area (Å²) in [5.74, 6) is 0.480. The van der Waals surface area contributed by atoms with Crippen molar-refractivity contribution in [2.75, 3.05) is 13.7 Å². The van der Waals surface area contributed by atoms with E-state index < -0.39 is 0 Å². The van der Waals surface area contributed by atoms with Gasteiger partial charge in [-0.05, 0) is 35.8 Å². The monoisotopic (exact) mass is 227 g/mol. The van der Waals surface area contributed by atoms with Gasteiger partial charge in [0, 0.05) is 24.6 Å². The average molecular weight is 227 g/mol.